The van der Waals surface area contributed by atoms with E-state index in [9.17, 15) is 13.2 Å². The van der Waals surface area contributed by atoms with Gasteiger partial charge in [0.1, 0.15) is 0 Å². The molecule has 0 saturated heterocycles. The maximum Gasteiger partial charge on any atom is 0.522 e. The molecule has 2 nitrogen and oxygen atoms in total. The third kappa shape index (κ3) is 13.1. The van der Waals surface area contributed by atoms with Crippen molar-refractivity contribution >= 4 is 12.4 Å². The van der Waals surface area contributed by atoms with Crippen LogP contribution in [0.3, 0.4) is 0 Å². The van der Waals surface area contributed by atoms with E-state index in [-0.39, 0.29) is 19.0 Å². The minimum Gasteiger partial charge on any atom is -0.330 e. The SMILES string of the molecule is Cl.NCCCCOC(F)(F)F. The number of halogens is 4. The summed E-state index contributed by atoms with van der Waals surface area (Å²) in [5.74, 6) is 0. The summed E-state index contributed by atoms with van der Waals surface area (Å²) < 4.78 is 37.2. The van der Waals surface area contributed by atoms with E-state index in [1.54, 1.807) is 0 Å². The van der Waals surface area contributed by atoms with Gasteiger partial charge >= 0.3 is 6.36 Å². The molecule has 0 aliphatic carbocycles. The van der Waals surface area contributed by atoms with Crippen molar-refractivity contribution in [2.45, 2.75) is 19.2 Å². The first-order valence-electron chi connectivity index (χ1n) is 2.97. The molecule has 0 heterocycles. The molecule has 70 valence electrons. The van der Waals surface area contributed by atoms with Crippen molar-refractivity contribution in [3.05, 3.63) is 0 Å². The van der Waals surface area contributed by atoms with Gasteiger partial charge < -0.3 is 5.73 Å². The molecule has 0 unspecified atom stereocenters. The molecule has 0 rings (SSSR count). The predicted octanol–water partition coefficient (Wildman–Crippen LogP) is 1.68. The lowest BCUT2D eigenvalue weighted by molar-refractivity contribution is -0.324. The summed E-state index contributed by atoms with van der Waals surface area (Å²) >= 11 is 0. The maximum absolute atomic E-state index is 11.2. The average Bonchev–Trinajstić information content (AvgIpc) is 1.78. The monoisotopic (exact) mass is 193 g/mol. The Balaban J connectivity index is 0. The number of ether oxygens (including phenoxy) is 1. The molecule has 2 N–H and O–H groups in total. The number of hydrogen-bond acceptors (Lipinski definition) is 2. The highest BCUT2D eigenvalue weighted by Gasteiger charge is 2.28. The Kier molecular flexibility index (Phi) is 8.26. The second-order valence-electron chi connectivity index (χ2n) is 1.79. The van der Waals surface area contributed by atoms with E-state index in [1.807, 2.05) is 0 Å². The molecule has 0 aliphatic rings. The van der Waals surface area contributed by atoms with Gasteiger partial charge in [-0.2, -0.15) is 0 Å². The largest absolute Gasteiger partial charge is 0.522 e. The van der Waals surface area contributed by atoms with Gasteiger partial charge in [0.05, 0.1) is 6.61 Å². The van der Waals surface area contributed by atoms with Crippen molar-refractivity contribution in [1.82, 2.24) is 0 Å². The second-order valence-corrected chi connectivity index (χ2v) is 1.79. The summed E-state index contributed by atoms with van der Waals surface area (Å²) in [6.45, 7) is 0.113. The third-order valence-electron chi connectivity index (χ3n) is 0.864. The Morgan fingerprint density at radius 2 is 1.73 bits per heavy atom. The van der Waals surface area contributed by atoms with Gasteiger partial charge in [-0.15, -0.1) is 25.6 Å². The van der Waals surface area contributed by atoms with Crippen molar-refractivity contribution in [3.8, 4) is 0 Å². The molecule has 0 fully saturated rings. The van der Waals surface area contributed by atoms with Crippen molar-refractivity contribution in [1.29, 1.82) is 0 Å². The molecular weight excluding hydrogens is 183 g/mol. The highest BCUT2D eigenvalue weighted by Crippen LogP contribution is 2.16. The van der Waals surface area contributed by atoms with Crippen LogP contribution < -0.4 is 5.73 Å². The molecule has 0 bridgehead atoms. The molecule has 0 spiro atoms. The fraction of sp³-hybridized carbons (Fsp3) is 1.00. The van der Waals surface area contributed by atoms with Crippen LogP contribution in [0, 0.1) is 0 Å². The molecule has 6 heteroatoms. The topological polar surface area (TPSA) is 35.2 Å². The standard InChI is InChI=1S/C5H10F3NO.ClH/c6-5(7,8)10-4-2-1-3-9;/h1-4,9H2;1H. The van der Waals surface area contributed by atoms with E-state index < -0.39 is 6.36 Å². The van der Waals surface area contributed by atoms with E-state index in [0.717, 1.165) is 0 Å². The Hall–Kier alpha value is -0.0000000000000000555. The van der Waals surface area contributed by atoms with Gasteiger partial charge in [0.15, 0.2) is 0 Å². The Bertz CT molecular complexity index is 88.3. The predicted molar refractivity (Wildman–Crippen MR) is 37.5 cm³/mol. The first-order chi connectivity index (χ1) is 4.56. The van der Waals surface area contributed by atoms with Gasteiger partial charge in [-0.05, 0) is 19.4 Å². The molecule has 0 saturated carbocycles. The minimum absolute atomic E-state index is 0. The summed E-state index contributed by atoms with van der Waals surface area (Å²) in [5.41, 5.74) is 5.04. The van der Waals surface area contributed by atoms with E-state index >= 15 is 0 Å². The van der Waals surface area contributed by atoms with Crippen LogP contribution >= 0.6 is 12.4 Å². The second kappa shape index (κ2) is 6.69. The number of rotatable bonds is 4. The van der Waals surface area contributed by atoms with Crippen molar-refractivity contribution < 1.29 is 17.9 Å². The quantitative estimate of drug-likeness (QED) is 0.690. The van der Waals surface area contributed by atoms with Crippen molar-refractivity contribution in [2.24, 2.45) is 5.73 Å². The summed E-state index contributed by atoms with van der Waals surface area (Å²) in [7, 11) is 0. The first-order valence-corrected chi connectivity index (χ1v) is 2.97. The Morgan fingerprint density at radius 3 is 2.09 bits per heavy atom. The molecular formula is C5H11ClF3NO. The lowest BCUT2D eigenvalue weighted by Crippen LogP contribution is -2.14. The zero-order valence-corrected chi connectivity index (χ0v) is 6.67. The first kappa shape index (κ1) is 13.6. The van der Waals surface area contributed by atoms with Crippen molar-refractivity contribution in [2.75, 3.05) is 13.2 Å². The molecule has 0 atom stereocenters. The molecule has 0 aromatic heterocycles. The van der Waals surface area contributed by atoms with Gasteiger partial charge in [-0.3, -0.25) is 4.74 Å². The summed E-state index contributed by atoms with van der Waals surface area (Å²) in [6.07, 6.45) is -3.57. The minimum atomic E-state index is -4.49. The van der Waals surface area contributed by atoms with E-state index in [0.29, 0.717) is 19.4 Å². The molecule has 0 amide bonds. The van der Waals surface area contributed by atoms with Crippen LogP contribution in [0.15, 0.2) is 0 Å². The number of nitrogens with two attached hydrogens (primary N) is 1. The zero-order chi connectivity index (χ0) is 8.04. The molecule has 0 radical (unpaired) electrons. The fourth-order valence-corrected chi connectivity index (χ4v) is 0.434. The van der Waals surface area contributed by atoms with E-state index in [1.165, 1.54) is 0 Å². The van der Waals surface area contributed by atoms with Crippen LogP contribution in [-0.4, -0.2) is 19.5 Å². The molecule has 11 heavy (non-hydrogen) atoms. The highest BCUT2D eigenvalue weighted by atomic mass is 35.5. The fourth-order valence-electron chi connectivity index (χ4n) is 0.434. The molecule has 0 aromatic carbocycles. The molecule has 0 aromatic rings. The summed E-state index contributed by atoms with van der Waals surface area (Å²) in [4.78, 5) is 0. The van der Waals surface area contributed by atoms with E-state index in [2.05, 4.69) is 4.74 Å². The van der Waals surface area contributed by atoms with Crippen LogP contribution in [0.4, 0.5) is 13.2 Å². The Morgan fingerprint density at radius 1 is 1.18 bits per heavy atom. The van der Waals surface area contributed by atoms with Gasteiger partial charge in [0.25, 0.3) is 0 Å². The van der Waals surface area contributed by atoms with Gasteiger partial charge in [0, 0.05) is 0 Å². The lowest BCUT2D eigenvalue weighted by Gasteiger charge is -2.05. The third-order valence-corrected chi connectivity index (χ3v) is 0.864. The van der Waals surface area contributed by atoms with Crippen LogP contribution in [-0.2, 0) is 4.74 Å². The van der Waals surface area contributed by atoms with Crippen LogP contribution in [0.2, 0.25) is 0 Å². The lowest BCUT2D eigenvalue weighted by atomic mass is 10.3. The summed E-state index contributed by atoms with van der Waals surface area (Å²) in [5, 5.41) is 0. The zero-order valence-electron chi connectivity index (χ0n) is 5.86. The number of hydrogen-bond donors (Lipinski definition) is 1. The van der Waals surface area contributed by atoms with Gasteiger partial charge in [0.2, 0.25) is 0 Å². The maximum atomic E-state index is 11.2. The van der Waals surface area contributed by atoms with Gasteiger partial charge in [-0.1, -0.05) is 0 Å². The van der Waals surface area contributed by atoms with Gasteiger partial charge in [-0.25, -0.2) is 0 Å². The number of alkyl halides is 3. The average molecular weight is 194 g/mol. The highest BCUT2D eigenvalue weighted by molar-refractivity contribution is 5.85. The molecule has 0 aliphatic heterocycles. The smallest absolute Gasteiger partial charge is 0.330 e. The van der Waals surface area contributed by atoms with Crippen LogP contribution in [0.25, 0.3) is 0 Å². The summed E-state index contributed by atoms with van der Waals surface area (Å²) in [6, 6.07) is 0. The normalized spacial score (nSPS) is 10.9. The van der Waals surface area contributed by atoms with Crippen LogP contribution in [0.1, 0.15) is 12.8 Å². The number of unbranched alkanes of at least 4 members (excludes halogenated alkanes) is 1. The van der Waals surface area contributed by atoms with Crippen molar-refractivity contribution in [3.63, 3.8) is 0 Å². The Labute approximate surface area is 69.3 Å². The van der Waals surface area contributed by atoms with Crippen LogP contribution in [0.5, 0.6) is 0 Å². The van der Waals surface area contributed by atoms with E-state index in [4.69, 9.17) is 5.73 Å².